The lowest BCUT2D eigenvalue weighted by Gasteiger charge is -2.26. The smallest absolute Gasteiger partial charge is 0.343 e. The van der Waals surface area contributed by atoms with Gasteiger partial charge < -0.3 is 9.47 Å². The Balaban J connectivity index is 1.87. The summed E-state index contributed by atoms with van der Waals surface area (Å²) < 4.78 is 37.4. The summed E-state index contributed by atoms with van der Waals surface area (Å²) in [6, 6.07) is 10.8. The second-order valence-electron chi connectivity index (χ2n) is 5.84. The van der Waals surface area contributed by atoms with Gasteiger partial charge >= 0.3 is 5.97 Å². The molecule has 0 aromatic heterocycles. The normalized spacial score (nSPS) is 15.6. The predicted molar refractivity (Wildman–Crippen MR) is 97.2 cm³/mol. The molecular formula is C18H18ClNO5S. The first-order valence-corrected chi connectivity index (χ1v) is 9.86. The Morgan fingerprint density at radius 1 is 1.12 bits per heavy atom. The van der Waals surface area contributed by atoms with Gasteiger partial charge in [0, 0.05) is 18.1 Å². The lowest BCUT2D eigenvalue weighted by atomic mass is 10.1. The van der Waals surface area contributed by atoms with Gasteiger partial charge in [0.15, 0.2) is 0 Å². The van der Waals surface area contributed by atoms with Gasteiger partial charge in [-0.25, -0.2) is 13.2 Å². The van der Waals surface area contributed by atoms with Gasteiger partial charge in [-0.1, -0.05) is 17.7 Å². The molecule has 2 aromatic carbocycles. The molecule has 1 fully saturated rings. The molecule has 0 spiro atoms. The van der Waals surface area contributed by atoms with Crippen molar-refractivity contribution in [3.8, 4) is 5.75 Å². The molecule has 0 bridgehead atoms. The van der Waals surface area contributed by atoms with Gasteiger partial charge in [0.2, 0.25) is 10.0 Å². The highest BCUT2D eigenvalue weighted by Crippen LogP contribution is 2.22. The number of morpholine rings is 1. The lowest BCUT2D eigenvalue weighted by molar-refractivity contribution is 0.0727. The molecule has 1 aliphatic heterocycles. The maximum absolute atomic E-state index is 12.8. The minimum Gasteiger partial charge on any atom is -0.423 e. The molecule has 0 amide bonds. The van der Waals surface area contributed by atoms with Crippen molar-refractivity contribution in [3.63, 3.8) is 0 Å². The van der Waals surface area contributed by atoms with Crippen LogP contribution >= 0.6 is 11.6 Å². The molecule has 0 radical (unpaired) electrons. The van der Waals surface area contributed by atoms with Crippen molar-refractivity contribution >= 4 is 27.6 Å². The number of nitrogens with zero attached hydrogens (tertiary/aromatic N) is 1. The molecule has 138 valence electrons. The van der Waals surface area contributed by atoms with E-state index in [2.05, 4.69) is 0 Å². The van der Waals surface area contributed by atoms with E-state index in [9.17, 15) is 13.2 Å². The van der Waals surface area contributed by atoms with E-state index in [0.29, 0.717) is 42.6 Å². The first-order valence-electron chi connectivity index (χ1n) is 8.04. The summed E-state index contributed by atoms with van der Waals surface area (Å²) in [5, 5.41) is 0.527. The van der Waals surface area contributed by atoms with Crippen LogP contribution in [0.4, 0.5) is 0 Å². The average Bonchev–Trinajstić information content (AvgIpc) is 2.64. The maximum atomic E-state index is 12.8. The third-order valence-corrected chi connectivity index (χ3v) is 6.21. The van der Waals surface area contributed by atoms with Crippen LogP contribution in [-0.2, 0) is 14.8 Å². The van der Waals surface area contributed by atoms with Crippen LogP contribution in [0.2, 0.25) is 5.02 Å². The minimum atomic E-state index is -3.69. The van der Waals surface area contributed by atoms with Crippen LogP contribution in [0.15, 0.2) is 47.4 Å². The number of aryl methyl sites for hydroxylation is 1. The van der Waals surface area contributed by atoms with Crippen LogP contribution < -0.4 is 4.74 Å². The molecular weight excluding hydrogens is 378 g/mol. The number of halogens is 1. The average molecular weight is 396 g/mol. The highest BCUT2D eigenvalue weighted by Gasteiger charge is 2.27. The van der Waals surface area contributed by atoms with Crippen molar-refractivity contribution in [2.45, 2.75) is 11.8 Å². The Morgan fingerprint density at radius 3 is 2.42 bits per heavy atom. The zero-order chi connectivity index (χ0) is 18.7. The third-order valence-electron chi connectivity index (χ3n) is 4.06. The Hall–Kier alpha value is -1.93. The molecule has 1 saturated heterocycles. The van der Waals surface area contributed by atoms with Gasteiger partial charge in [0.25, 0.3) is 0 Å². The van der Waals surface area contributed by atoms with E-state index < -0.39 is 16.0 Å². The molecule has 8 heteroatoms. The number of carbonyl (C=O) groups is 1. The molecule has 0 unspecified atom stereocenters. The van der Waals surface area contributed by atoms with Crippen LogP contribution in [0.1, 0.15) is 15.9 Å². The van der Waals surface area contributed by atoms with Crippen molar-refractivity contribution in [1.29, 1.82) is 0 Å². The van der Waals surface area contributed by atoms with Crippen molar-refractivity contribution < 1.29 is 22.7 Å². The largest absolute Gasteiger partial charge is 0.423 e. The van der Waals surface area contributed by atoms with Gasteiger partial charge in [0.05, 0.1) is 23.7 Å². The van der Waals surface area contributed by atoms with Crippen LogP contribution in [0, 0.1) is 6.92 Å². The maximum Gasteiger partial charge on any atom is 0.343 e. The number of rotatable bonds is 4. The monoisotopic (exact) mass is 395 g/mol. The topological polar surface area (TPSA) is 72.9 Å². The fourth-order valence-electron chi connectivity index (χ4n) is 2.58. The number of hydrogen-bond donors (Lipinski definition) is 0. The fourth-order valence-corrected chi connectivity index (χ4v) is 4.14. The summed E-state index contributed by atoms with van der Waals surface area (Å²) in [5.74, 6) is -0.288. The molecule has 26 heavy (non-hydrogen) atoms. The first-order chi connectivity index (χ1) is 12.4. The number of carbonyl (C=O) groups excluding carboxylic acids is 1. The summed E-state index contributed by atoms with van der Waals surface area (Å²) in [4.78, 5) is 12.6. The number of hydrogen-bond acceptors (Lipinski definition) is 5. The molecule has 1 heterocycles. The number of sulfonamides is 1. The number of benzene rings is 2. The van der Waals surface area contributed by atoms with Crippen LogP contribution in [0.25, 0.3) is 0 Å². The molecule has 0 aliphatic carbocycles. The minimum absolute atomic E-state index is 0.0630. The molecule has 3 rings (SSSR count). The van der Waals surface area contributed by atoms with E-state index >= 15 is 0 Å². The third kappa shape index (κ3) is 4.07. The number of ether oxygens (including phenoxy) is 2. The van der Waals surface area contributed by atoms with E-state index in [4.69, 9.17) is 21.1 Å². The quantitative estimate of drug-likeness (QED) is 0.588. The predicted octanol–water partition coefficient (Wildman–Crippen LogP) is 2.89. The van der Waals surface area contributed by atoms with Crippen molar-refractivity contribution in [2.75, 3.05) is 26.3 Å². The van der Waals surface area contributed by atoms with E-state index in [0.717, 1.165) is 0 Å². The zero-order valence-electron chi connectivity index (χ0n) is 14.1. The van der Waals surface area contributed by atoms with Crippen molar-refractivity contribution in [3.05, 3.63) is 58.6 Å². The summed E-state index contributed by atoms with van der Waals surface area (Å²) in [5.41, 5.74) is 0.833. The van der Waals surface area contributed by atoms with E-state index in [-0.39, 0.29) is 10.5 Å². The number of esters is 1. The molecule has 0 N–H and O–H groups in total. The van der Waals surface area contributed by atoms with Crippen molar-refractivity contribution in [1.82, 2.24) is 4.31 Å². The van der Waals surface area contributed by atoms with Gasteiger partial charge in [0.1, 0.15) is 5.75 Å². The Morgan fingerprint density at radius 2 is 1.77 bits per heavy atom. The van der Waals surface area contributed by atoms with Gasteiger partial charge in [-0.2, -0.15) is 4.31 Å². The molecule has 0 atom stereocenters. The molecule has 6 nitrogen and oxygen atoms in total. The van der Waals surface area contributed by atoms with Gasteiger partial charge in [-0.15, -0.1) is 0 Å². The van der Waals surface area contributed by atoms with Gasteiger partial charge in [-0.3, -0.25) is 0 Å². The summed E-state index contributed by atoms with van der Waals surface area (Å²) in [6.07, 6.45) is 0. The Labute approximate surface area is 157 Å². The second kappa shape index (κ2) is 7.75. The van der Waals surface area contributed by atoms with Crippen molar-refractivity contribution in [2.24, 2.45) is 0 Å². The highest BCUT2D eigenvalue weighted by molar-refractivity contribution is 7.89. The SMILES string of the molecule is Cc1ccc(S(=O)(=O)N2CCOCC2)cc1C(=O)Oc1ccc(Cl)cc1. The summed E-state index contributed by atoms with van der Waals surface area (Å²) in [7, 11) is -3.69. The van der Waals surface area contributed by atoms with Crippen LogP contribution in [0.5, 0.6) is 5.75 Å². The lowest BCUT2D eigenvalue weighted by Crippen LogP contribution is -2.40. The van der Waals surface area contributed by atoms with Crippen LogP contribution in [0.3, 0.4) is 0 Å². The van der Waals surface area contributed by atoms with E-state index in [1.807, 2.05) is 0 Å². The summed E-state index contributed by atoms with van der Waals surface area (Å²) >= 11 is 5.81. The molecule has 1 aliphatic rings. The zero-order valence-corrected chi connectivity index (χ0v) is 15.7. The van der Waals surface area contributed by atoms with Gasteiger partial charge in [-0.05, 0) is 48.9 Å². The molecule has 0 saturated carbocycles. The van der Waals surface area contributed by atoms with Crippen LogP contribution in [-0.4, -0.2) is 45.0 Å². The highest BCUT2D eigenvalue weighted by atomic mass is 35.5. The summed E-state index contributed by atoms with van der Waals surface area (Å²) in [6.45, 7) is 3.03. The fraction of sp³-hybridized carbons (Fsp3) is 0.278. The van der Waals surface area contributed by atoms with E-state index in [1.54, 1.807) is 37.3 Å². The first kappa shape index (κ1) is 18.8. The Kier molecular flexibility index (Phi) is 5.62. The standard InChI is InChI=1S/C18H18ClNO5S/c1-13-2-7-16(26(22,23)20-8-10-24-11-9-20)12-17(13)18(21)25-15-5-3-14(19)4-6-15/h2-7,12H,8-11H2,1H3. The molecule has 2 aromatic rings. The second-order valence-corrected chi connectivity index (χ2v) is 8.21. The Bertz CT molecular complexity index is 906. The van der Waals surface area contributed by atoms with E-state index in [1.165, 1.54) is 16.4 Å².